The molecule has 3 rings (SSSR count). The molecule has 0 saturated heterocycles. The summed E-state index contributed by atoms with van der Waals surface area (Å²) in [6, 6.07) is 10.6. The monoisotopic (exact) mass is 493 g/mol. The molecule has 0 atom stereocenters. The number of amides is 2. The lowest BCUT2D eigenvalue weighted by Gasteiger charge is -2.14. The van der Waals surface area contributed by atoms with E-state index in [-0.39, 0.29) is 18.2 Å². The molecule has 2 aromatic rings. The van der Waals surface area contributed by atoms with Crippen molar-refractivity contribution in [2.45, 2.75) is 71.1 Å². The van der Waals surface area contributed by atoms with E-state index in [1.165, 1.54) is 75.6 Å². The van der Waals surface area contributed by atoms with Crippen molar-refractivity contribution < 1.29 is 19.9 Å². The van der Waals surface area contributed by atoms with Crippen LogP contribution in [-0.4, -0.2) is 35.8 Å². The largest absolute Gasteiger partial charge is 0.872 e. The Hall–Kier alpha value is -3.39. The molecule has 0 saturated carbocycles. The molecular weight excluding hydrogens is 456 g/mol. The summed E-state index contributed by atoms with van der Waals surface area (Å²) in [4.78, 5) is 25.1. The van der Waals surface area contributed by atoms with Crippen molar-refractivity contribution >= 4 is 23.2 Å². The Balaban J connectivity index is 1.47. The average molecular weight is 494 g/mol. The lowest BCUT2D eigenvalue weighted by Crippen LogP contribution is -2.27. The highest BCUT2D eigenvalue weighted by Crippen LogP contribution is 2.31. The number of hydrogen-bond donors (Lipinski definition) is 3. The van der Waals surface area contributed by atoms with Gasteiger partial charge in [-0.05, 0) is 12.5 Å². The minimum Gasteiger partial charge on any atom is -0.872 e. The van der Waals surface area contributed by atoms with E-state index in [1.807, 2.05) is 0 Å². The number of nitrogens with zero attached hydrogens (tertiary/aromatic N) is 2. The molecule has 194 valence electrons. The number of carbonyl (C=O) groups is 2. The van der Waals surface area contributed by atoms with Gasteiger partial charge in [-0.1, -0.05) is 101 Å². The predicted molar refractivity (Wildman–Crippen MR) is 140 cm³/mol. The topological polar surface area (TPSA) is 117 Å². The second-order valence-corrected chi connectivity index (χ2v) is 9.22. The Morgan fingerprint density at radius 3 is 2.22 bits per heavy atom. The molecule has 1 aliphatic heterocycles. The zero-order chi connectivity index (χ0) is 25.8. The zero-order valence-electron chi connectivity index (χ0n) is 21.1. The highest BCUT2D eigenvalue weighted by molar-refractivity contribution is 6.16. The van der Waals surface area contributed by atoms with E-state index in [0.29, 0.717) is 34.6 Å². The first-order chi connectivity index (χ1) is 17.5. The molecule has 36 heavy (non-hydrogen) atoms. The highest BCUT2D eigenvalue weighted by atomic mass is 16.5. The Labute approximate surface area is 213 Å². The number of benzene rings is 2. The van der Waals surface area contributed by atoms with Crippen LogP contribution in [0, 0.1) is 0 Å². The lowest BCUT2D eigenvalue weighted by atomic mass is 10.1. The molecule has 0 unspecified atom stereocenters. The van der Waals surface area contributed by atoms with Gasteiger partial charge in [-0.2, -0.15) is 5.10 Å². The van der Waals surface area contributed by atoms with Crippen molar-refractivity contribution in [1.82, 2.24) is 10.7 Å². The first-order valence-electron chi connectivity index (χ1n) is 13.0. The Kier molecular flexibility index (Phi) is 10.8. The molecule has 0 radical (unpaired) electrons. The van der Waals surface area contributed by atoms with Crippen LogP contribution in [0.3, 0.4) is 0 Å². The molecule has 2 aromatic carbocycles. The maximum absolute atomic E-state index is 12.8. The third kappa shape index (κ3) is 7.81. The summed E-state index contributed by atoms with van der Waals surface area (Å²) in [6.07, 6.45) is 12.3. The fraction of sp³-hybridized carbons (Fsp3) is 0.464. The van der Waals surface area contributed by atoms with Crippen LogP contribution in [0.25, 0.3) is 0 Å². The van der Waals surface area contributed by atoms with Gasteiger partial charge in [0.25, 0.3) is 11.8 Å². The Morgan fingerprint density at radius 1 is 0.917 bits per heavy atom. The summed E-state index contributed by atoms with van der Waals surface area (Å²) in [7, 11) is 0. The van der Waals surface area contributed by atoms with Crippen molar-refractivity contribution in [3.05, 3.63) is 59.2 Å². The molecule has 3 N–H and O–H groups in total. The molecule has 2 amide bonds. The SMILES string of the molecule is CCCCCCCCCCCCNC(=O)c1cccc2c1N(O)CC2=NNC(=O)c1ccc([O-])cc1. The minimum absolute atomic E-state index is 0.0395. The third-order valence-electron chi connectivity index (χ3n) is 6.37. The quantitative estimate of drug-likeness (QED) is 0.259. The van der Waals surface area contributed by atoms with E-state index < -0.39 is 5.91 Å². The first-order valence-corrected chi connectivity index (χ1v) is 13.0. The van der Waals surface area contributed by atoms with Gasteiger partial charge in [-0.25, -0.2) is 10.5 Å². The molecule has 8 heteroatoms. The molecule has 0 aliphatic carbocycles. The van der Waals surface area contributed by atoms with Gasteiger partial charge in [0.1, 0.15) is 0 Å². The molecule has 0 fully saturated rings. The molecule has 1 aliphatic rings. The normalized spacial score (nSPS) is 13.6. The van der Waals surface area contributed by atoms with E-state index in [0.717, 1.165) is 17.9 Å². The van der Waals surface area contributed by atoms with Gasteiger partial charge in [0.05, 0.1) is 23.5 Å². The van der Waals surface area contributed by atoms with E-state index >= 15 is 0 Å². The highest BCUT2D eigenvalue weighted by Gasteiger charge is 2.29. The molecule has 8 nitrogen and oxygen atoms in total. The van der Waals surface area contributed by atoms with Crippen LogP contribution in [-0.2, 0) is 0 Å². The van der Waals surface area contributed by atoms with Crippen LogP contribution in [0.15, 0.2) is 47.6 Å². The van der Waals surface area contributed by atoms with E-state index in [1.54, 1.807) is 18.2 Å². The number of hydroxylamine groups is 1. The summed E-state index contributed by atoms with van der Waals surface area (Å²) >= 11 is 0. The second kappa shape index (κ2) is 14.2. The summed E-state index contributed by atoms with van der Waals surface area (Å²) in [5.41, 5.74) is 4.52. The number of hydrogen-bond acceptors (Lipinski definition) is 6. The van der Waals surface area contributed by atoms with Gasteiger partial charge < -0.3 is 10.4 Å². The lowest BCUT2D eigenvalue weighted by molar-refractivity contribution is -0.268. The van der Waals surface area contributed by atoms with Crippen LogP contribution in [0.4, 0.5) is 5.69 Å². The van der Waals surface area contributed by atoms with Crippen molar-refractivity contribution in [2.24, 2.45) is 5.10 Å². The maximum Gasteiger partial charge on any atom is 0.271 e. The van der Waals surface area contributed by atoms with Crippen LogP contribution in [0.1, 0.15) is 97.4 Å². The molecule has 0 aromatic heterocycles. The average Bonchev–Trinajstić information content (AvgIpc) is 3.21. The van der Waals surface area contributed by atoms with Crippen molar-refractivity contribution in [1.29, 1.82) is 0 Å². The summed E-state index contributed by atoms with van der Waals surface area (Å²) in [5, 5.41) is 29.8. The summed E-state index contributed by atoms with van der Waals surface area (Å²) in [5.74, 6) is -0.895. The van der Waals surface area contributed by atoms with Gasteiger partial charge in [-0.3, -0.25) is 14.8 Å². The van der Waals surface area contributed by atoms with Crippen LogP contribution in [0.2, 0.25) is 0 Å². The fourth-order valence-corrected chi connectivity index (χ4v) is 4.34. The number of para-hydroxylation sites is 1. The number of anilines is 1. The number of carbonyl (C=O) groups excluding carboxylic acids is 2. The Bertz CT molecular complexity index is 1040. The molecular formula is C28H37N4O4-. The second-order valence-electron chi connectivity index (χ2n) is 9.22. The van der Waals surface area contributed by atoms with Gasteiger partial charge in [0.15, 0.2) is 0 Å². The van der Waals surface area contributed by atoms with E-state index in [4.69, 9.17) is 0 Å². The molecule has 1 heterocycles. The van der Waals surface area contributed by atoms with Gasteiger partial charge in [0.2, 0.25) is 0 Å². The van der Waals surface area contributed by atoms with Crippen molar-refractivity contribution in [3.8, 4) is 5.75 Å². The number of unbranched alkanes of at least 4 members (excludes halogenated alkanes) is 9. The van der Waals surface area contributed by atoms with Crippen molar-refractivity contribution in [3.63, 3.8) is 0 Å². The fourth-order valence-electron chi connectivity index (χ4n) is 4.34. The third-order valence-corrected chi connectivity index (χ3v) is 6.37. The number of fused-ring (bicyclic) bond motifs is 1. The van der Waals surface area contributed by atoms with Crippen LogP contribution in [0.5, 0.6) is 5.75 Å². The van der Waals surface area contributed by atoms with E-state index in [9.17, 15) is 19.9 Å². The smallest absolute Gasteiger partial charge is 0.271 e. The predicted octanol–water partition coefficient (Wildman–Crippen LogP) is 4.75. The standard InChI is InChI=1S/C28H38N4O4/c1-2-3-4-5-6-7-8-9-10-11-19-29-28(35)24-14-12-13-23-25(20-32(36)26(23)24)30-31-27(34)21-15-17-22(33)18-16-21/h12-18,33,36H,2-11,19-20H2,1H3,(H,29,35)(H,31,34)/p-1. The summed E-state index contributed by atoms with van der Waals surface area (Å²) < 4.78 is 0. The maximum atomic E-state index is 12.8. The first kappa shape index (κ1) is 27.2. The number of nitrogens with one attached hydrogen (secondary N) is 2. The number of hydrazone groups is 1. The van der Waals surface area contributed by atoms with Crippen LogP contribution >= 0.6 is 0 Å². The molecule has 0 spiro atoms. The van der Waals surface area contributed by atoms with Gasteiger partial charge >= 0.3 is 0 Å². The Morgan fingerprint density at radius 2 is 1.56 bits per heavy atom. The van der Waals surface area contributed by atoms with Gasteiger partial charge in [0, 0.05) is 17.7 Å². The molecule has 0 bridgehead atoms. The van der Waals surface area contributed by atoms with E-state index in [2.05, 4.69) is 22.8 Å². The summed E-state index contributed by atoms with van der Waals surface area (Å²) in [6.45, 7) is 2.86. The number of rotatable bonds is 14. The zero-order valence-corrected chi connectivity index (χ0v) is 21.1. The van der Waals surface area contributed by atoms with Crippen LogP contribution < -0.4 is 20.9 Å². The van der Waals surface area contributed by atoms with Crippen molar-refractivity contribution in [2.75, 3.05) is 18.2 Å². The minimum atomic E-state index is -0.467. The van der Waals surface area contributed by atoms with Gasteiger partial charge in [-0.15, -0.1) is 5.75 Å².